The SMILES string of the molecule is CCCC(=O)NCC(c1cc(OC)c(OC)c(OC)c1)N(C)C. The second-order valence-electron chi connectivity index (χ2n) is 5.49. The van der Waals surface area contributed by atoms with Crippen molar-refractivity contribution >= 4 is 5.91 Å². The summed E-state index contributed by atoms with van der Waals surface area (Å²) >= 11 is 0. The first-order chi connectivity index (χ1) is 11.0. The van der Waals surface area contributed by atoms with E-state index in [2.05, 4.69) is 5.32 Å². The number of likely N-dealkylation sites (N-methyl/N-ethyl adjacent to an activating group) is 1. The standard InChI is InChI=1S/C17H28N2O4/c1-7-8-16(20)18-11-13(19(2)3)12-9-14(21-4)17(23-6)15(10-12)22-5/h9-10,13H,7-8,11H2,1-6H3,(H,18,20). The number of nitrogens with one attached hydrogen (secondary N) is 1. The van der Waals surface area contributed by atoms with Crippen LogP contribution in [0.3, 0.4) is 0 Å². The highest BCUT2D eigenvalue weighted by molar-refractivity contribution is 5.75. The maximum atomic E-state index is 11.7. The van der Waals surface area contributed by atoms with Gasteiger partial charge < -0.3 is 24.4 Å². The van der Waals surface area contributed by atoms with E-state index in [1.54, 1.807) is 21.3 Å². The van der Waals surface area contributed by atoms with E-state index in [1.807, 2.05) is 38.1 Å². The van der Waals surface area contributed by atoms with Crippen LogP contribution >= 0.6 is 0 Å². The molecule has 0 heterocycles. The van der Waals surface area contributed by atoms with Gasteiger partial charge in [0.2, 0.25) is 11.7 Å². The number of carbonyl (C=O) groups is 1. The van der Waals surface area contributed by atoms with Gasteiger partial charge in [-0.1, -0.05) is 6.92 Å². The maximum Gasteiger partial charge on any atom is 0.220 e. The van der Waals surface area contributed by atoms with Crippen LogP contribution in [0.15, 0.2) is 12.1 Å². The zero-order valence-electron chi connectivity index (χ0n) is 14.9. The van der Waals surface area contributed by atoms with Crippen LogP contribution in [-0.4, -0.2) is 52.8 Å². The molecule has 1 rings (SSSR count). The van der Waals surface area contributed by atoms with Gasteiger partial charge in [0.15, 0.2) is 11.5 Å². The van der Waals surface area contributed by atoms with Crippen molar-refractivity contribution in [2.45, 2.75) is 25.8 Å². The first-order valence-electron chi connectivity index (χ1n) is 7.71. The van der Waals surface area contributed by atoms with E-state index < -0.39 is 0 Å². The van der Waals surface area contributed by atoms with E-state index in [-0.39, 0.29) is 11.9 Å². The molecule has 1 unspecified atom stereocenters. The summed E-state index contributed by atoms with van der Waals surface area (Å²) in [7, 11) is 8.71. The summed E-state index contributed by atoms with van der Waals surface area (Å²) in [6.45, 7) is 2.51. The number of ether oxygens (including phenoxy) is 3. The Balaban J connectivity index is 3.09. The number of methoxy groups -OCH3 is 3. The van der Waals surface area contributed by atoms with Crippen molar-refractivity contribution in [1.82, 2.24) is 10.2 Å². The highest BCUT2D eigenvalue weighted by Crippen LogP contribution is 2.40. The molecule has 0 aliphatic rings. The molecule has 0 aliphatic carbocycles. The van der Waals surface area contributed by atoms with Crippen LogP contribution in [0.5, 0.6) is 17.2 Å². The predicted octanol–water partition coefficient (Wildman–Crippen LogP) is 2.23. The lowest BCUT2D eigenvalue weighted by molar-refractivity contribution is -0.121. The first kappa shape index (κ1) is 19.1. The fourth-order valence-electron chi connectivity index (χ4n) is 2.42. The van der Waals surface area contributed by atoms with Crippen LogP contribution in [0, 0.1) is 0 Å². The lowest BCUT2D eigenvalue weighted by Crippen LogP contribution is -2.34. The molecule has 130 valence electrons. The quantitative estimate of drug-likeness (QED) is 0.755. The number of benzene rings is 1. The molecule has 6 heteroatoms. The van der Waals surface area contributed by atoms with E-state index in [0.717, 1.165) is 12.0 Å². The van der Waals surface area contributed by atoms with Gasteiger partial charge in [-0.25, -0.2) is 0 Å². The summed E-state index contributed by atoms with van der Waals surface area (Å²) < 4.78 is 16.2. The number of carbonyl (C=O) groups excluding carboxylic acids is 1. The van der Waals surface area contributed by atoms with Crippen LogP contribution in [0.1, 0.15) is 31.4 Å². The summed E-state index contributed by atoms with van der Waals surface area (Å²) in [5, 5.41) is 2.97. The summed E-state index contributed by atoms with van der Waals surface area (Å²) in [4.78, 5) is 13.8. The van der Waals surface area contributed by atoms with Gasteiger partial charge in [0.25, 0.3) is 0 Å². The van der Waals surface area contributed by atoms with E-state index in [4.69, 9.17) is 14.2 Å². The summed E-state index contributed by atoms with van der Waals surface area (Å²) in [5.41, 5.74) is 0.987. The van der Waals surface area contributed by atoms with Crippen LogP contribution in [0.4, 0.5) is 0 Å². The third kappa shape index (κ3) is 5.03. The lowest BCUT2D eigenvalue weighted by Gasteiger charge is -2.26. The summed E-state index contributed by atoms with van der Waals surface area (Å²) in [5.74, 6) is 1.83. The number of rotatable bonds is 9. The molecule has 0 saturated carbocycles. The summed E-state index contributed by atoms with van der Waals surface area (Å²) in [6.07, 6.45) is 1.37. The van der Waals surface area contributed by atoms with Crippen LogP contribution in [0.25, 0.3) is 0 Å². The molecule has 0 fully saturated rings. The molecule has 1 atom stereocenters. The Bertz CT molecular complexity index is 492. The molecule has 0 radical (unpaired) electrons. The van der Waals surface area contributed by atoms with Crippen molar-refractivity contribution in [3.8, 4) is 17.2 Å². The molecular formula is C17H28N2O4. The van der Waals surface area contributed by atoms with Crippen LogP contribution in [0.2, 0.25) is 0 Å². The van der Waals surface area contributed by atoms with Crippen molar-refractivity contribution in [1.29, 1.82) is 0 Å². The molecule has 0 saturated heterocycles. The number of nitrogens with zero attached hydrogens (tertiary/aromatic N) is 1. The summed E-state index contributed by atoms with van der Waals surface area (Å²) in [6, 6.07) is 3.83. The Labute approximate surface area is 138 Å². The van der Waals surface area contributed by atoms with Crippen molar-refractivity contribution < 1.29 is 19.0 Å². The van der Waals surface area contributed by atoms with Gasteiger partial charge >= 0.3 is 0 Å². The fourth-order valence-corrected chi connectivity index (χ4v) is 2.42. The van der Waals surface area contributed by atoms with Crippen molar-refractivity contribution in [2.75, 3.05) is 42.0 Å². The first-order valence-corrected chi connectivity index (χ1v) is 7.71. The number of hydrogen-bond acceptors (Lipinski definition) is 5. The van der Waals surface area contributed by atoms with E-state index >= 15 is 0 Å². The van der Waals surface area contributed by atoms with Gasteiger partial charge in [0, 0.05) is 13.0 Å². The van der Waals surface area contributed by atoms with Crippen molar-refractivity contribution in [3.05, 3.63) is 17.7 Å². The Kier molecular flexibility index (Phi) is 7.68. The minimum absolute atomic E-state index is 0.00418. The molecule has 1 aromatic carbocycles. The topological polar surface area (TPSA) is 60.0 Å². The molecule has 0 aliphatic heterocycles. The molecule has 1 aromatic rings. The maximum absolute atomic E-state index is 11.7. The fraction of sp³-hybridized carbons (Fsp3) is 0.588. The van der Waals surface area contributed by atoms with Gasteiger partial charge in [-0.3, -0.25) is 4.79 Å². The van der Waals surface area contributed by atoms with E-state index in [0.29, 0.717) is 30.2 Å². The number of hydrogen-bond donors (Lipinski definition) is 1. The van der Waals surface area contributed by atoms with Crippen LogP contribution in [-0.2, 0) is 4.79 Å². The molecule has 6 nitrogen and oxygen atoms in total. The Hall–Kier alpha value is -1.95. The second kappa shape index (κ2) is 9.25. The normalized spacial score (nSPS) is 12.0. The van der Waals surface area contributed by atoms with E-state index in [1.165, 1.54) is 0 Å². The average Bonchev–Trinajstić information content (AvgIpc) is 2.53. The molecule has 23 heavy (non-hydrogen) atoms. The second-order valence-corrected chi connectivity index (χ2v) is 5.49. The minimum Gasteiger partial charge on any atom is -0.493 e. The van der Waals surface area contributed by atoms with Gasteiger partial charge in [-0.05, 0) is 38.2 Å². The van der Waals surface area contributed by atoms with Gasteiger partial charge in [-0.2, -0.15) is 0 Å². The Morgan fingerprint density at radius 1 is 1.13 bits per heavy atom. The van der Waals surface area contributed by atoms with Gasteiger partial charge in [0.05, 0.1) is 27.4 Å². The van der Waals surface area contributed by atoms with E-state index in [9.17, 15) is 4.79 Å². The third-order valence-corrected chi connectivity index (χ3v) is 3.66. The van der Waals surface area contributed by atoms with Crippen molar-refractivity contribution in [2.24, 2.45) is 0 Å². The predicted molar refractivity (Wildman–Crippen MR) is 90.4 cm³/mol. The molecular weight excluding hydrogens is 296 g/mol. The average molecular weight is 324 g/mol. The Morgan fingerprint density at radius 2 is 1.70 bits per heavy atom. The minimum atomic E-state index is 0.00418. The molecule has 0 aromatic heterocycles. The zero-order valence-corrected chi connectivity index (χ0v) is 14.9. The lowest BCUT2D eigenvalue weighted by atomic mass is 10.0. The Morgan fingerprint density at radius 3 is 2.09 bits per heavy atom. The van der Waals surface area contributed by atoms with Gasteiger partial charge in [0.1, 0.15) is 0 Å². The van der Waals surface area contributed by atoms with Gasteiger partial charge in [-0.15, -0.1) is 0 Å². The molecule has 0 bridgehead atoms. The smallest absolute Gasteiger partial charge is 0.220 e. The highest BCUT2D eigenvalue weighted by Gasteiger charge is 2.20. The monoisotopic (exact) mass is 324 g/mol. The zero-order chi connectivity index (χ0) is 17.4. The molecule has 1 amide bonds. The largest absolute Gasteiger partial charge is 0.493 e. The van der Waals surface area contributed by atoms with Crippen molar-refractivity contribution in [3.63, 3.8) is 0 Å². The van der Waals surface area contributed by atoms with Crippen LogP contribution < -0.4 is 19.5 Å². The molecule has 0 spiro atoms. The third-order valence-electron chi connectivity index (χ3n) is 3.66. The number of amides is 1. The highest BCUT2D eigenvalue weighted by atomic mass is 16.5. The molecule has 1 N–H and O–H groups in total.